The zero-order chi connectivity index (χ0) is 13.1. The Morgan fingerprint density at radius 1 is 1.22 bits per heavy atom. The molecule has 2 heterocycles. The summed E-state index contributed by atoms with van der Waals surface area (Å²) in [6.45, 7) is 2.85. The van der Waals surface area contributed by atoms with Gasteiger partial charge in [-0.3, -0.25) is 19.5 Å². The number of carbonyl (C=O) groups is 1. The molecule has 0 atom stereocenters. The van der Waals surface area contributed by atoms with Crippen molar-refractivity contribution < 1.29 is 4.79 Å². The summed E-state index contributed by atoms with van der Waals surface area (Å²) in [7, 11) is 2.00. The van der Waals surface area contributed by atoms with E-state index in [0.717, 1.165) is 29.9 Å². The minimum atomic E-state index is -0.388. The summed E-state index contributed by atoms with van der Waals surface area (Å²) in [5.41, 5.74) is -0.766. The molecule has 1 aliphatic rings. The van der Waals surface area contributed by atoms with E-state index < -0.39 is 0 Å². The van der Waals surface area contributed by atoms with Gasteiger partial charge in [0.1, 0.15) is 6.54 Å². The number of nitrogens with zero attached hydrogens (tertiary/aromatic N) is 3. The molecule has 1 saturated heterocycles. The molecule has 1 amide bonds. The third-order valence-electron chi connectivity index (χ3n) is 3.04. The number of hydrogen-bond donors (Lipinski definition) is 1. The molecule has 1 aromatic heterocycles. The van der Waals surface area contributed by atoms with E-state index in [-0.39, 0.29) is 23.6 Å². The number of rotatable bonds is 2. The topological polar surface area (TPSA) is 78.4 Å². The minimum Gasteiger partial charge on any atom is -0.339 e. The van der Waals surface area contributed by atoms with Gasteiger partial charge in [-0.2, -0.15) is 0 Å². The number of aromatic amines is 1. The largest absolute Gasteiger partial charge is 0.339 e. The predicted octanol–water partition coefficient (Wildman–Crippen LogP) is -1.69. The van der Waals surface area contributed by atoms with E-state index in [1.165, 1.54) is 0 Å². The Bertz CT molecular complexity index is 540. The second-order valence-corrected chi connectivity index (χ2v) is 4.42. The molecule has 0 radical (unpaired) electrons. The minimum absolute atomic E-state index is 0.112. The van der Waals surface area contributed by atoms with Crippen LogP contribution in [-0.4, -0.2) is 58.7 Å². The van der Waals surface area contributed by atoms with Crippen LogP contribution in [0.15, 0.2) is 21.7 Å². The van der Waals surface area contributed by atoms with Crippen LogP contribution in [0.25, 0.3) is 0 Å². The second-order valence-electron chi connectivity index (χ2n) is 4.42. The third-order valence-corrected chi connectivity index (χ3v) is 3.04. The van der Waals surface area contributed by atoms with Gasteiger partial charge >= 0.3 is 0 Å². The van der Waals surface area contributed by atoms with Crippen LogP contribution in [0.2, 0.25) is 0 Å². The number of piperazine rings is 1. The maximum absolute atomic E-state index is 12.0. The third kappa shape index (κ3) is 2.86. The standard InChI is InChI=1S/C11H16N4O3/c1-13-4-6-14(7-5-13)11(18)8-15-10(17)3-2-9(16)12-15/h2-3H,4-8H2,1H3,(H,12,16). The van der Waals surface area contributed by atoms with E-state index in [1.54, 1.807) is 4.90 Å². The van der Waals surface area contributed by atoms with E-state index in [4.69, 9.17) is 0 Å². The average Bonchev–Trinajstić information content (AvgIpc) is 2.34. The smallest absolute Gasteiger partial charge is 0.265 e. The summed E-state index contributed by atoms with van der Waals surface area (Å²) in [5, 5.41) is 2.35. The maximum Gasteiger partial charge on any atom is 0.265 e. The summed E-state index contributed by atoms with van der Waals surface area (Å²) in [6, 6.07) is 2.31. The van der Waals surface area contributed by atoms with Gasteiger partial charge in [-0.1, -0.05) is 0 Å². The molecule has 0 bridgehead atoms. The van der Waals surface area contributed by atoms with Crippen molar-refractivity contribution in [3.63, 3.8) is 0 Å². The fourth-order valence-electron chi connectivity index (χ4n) is 1.87. The lowest BCUT2D eigenvalue weighted by atomic mass is 10.3. The Labute approximate surface area is 104 Å². The lowest BCUT2D eigenvalue weighted by Crippen LogP contribution is -2.49. The molecule has 7 heteroatoms. The molecule has 0 aromatic carbocycles. The van der Waals surface area contributed by atoms with E-state index in [2.05, 4.69) is 10.00 Å². The van der Waals surface area contributed by atoms with Crippen LogP contribution in [0.4, 0.5) is 0 Å². The van der Waals surface area contributed by atoms with Crippen LogP contribution in [-0.2, 0) is 11.3 Å². The first-order chi connectivity index (χ1) is 8.56. The highest BCUT2D eigenvalue weighted by molar-refractivity contribution is 5.76. The second kappa shape index (κ2) is 5.18. The Kier molecular flexibility index (Phi) is 3.61. The molecule has 2 rings (SSSR count). The molecule has 0 aliphatic carbocycles. The molecule has 0 unspecified atom stereocenters. The van der Waals surface area contributed by atoms with Crippen molar-refractivity contribution in [2.75, 3.05) is 33.2 Å². The number of aromatic nitrogens is 2. The fraction of sp³-hybridized carbons (Fsp3) is 0.545. The van der Waals surface area contributed by atoms with Crippen LogP contribution >= 0.6 is 0 Å². The van der Waals surface area contributed by atoms with Crippen molar-refractivity contribution in [1.29, 1.82) is 0 Å². The maximum atomic E-state index is 12.0. The average molecular weight is 252 g/mol. The quantitative estimate of drug-likeness (QED) is 0.681. The Hall–Kier alpha value is -1.89. The number of H-pyrrole nitrogens is 1. The Morgan fingerprint density at radius 2 is 1.89 bits per heavy atom. The molecule has 98 valence electrons. The van der Waals surface area contributed by atoms with Crippen molar-refractivity contribution in [2.24, 2.45) is 0 Å². The molecular formula is C11H16N4O3. The number of nitrogens with one attached hydrogen (secondary N) is 1. The monoisotopic (exact) mass is 252 g/mol. The molecule has 1 aromatic rings. The van der Waals surface area contributed by atoms with Crippen LogP contribution in [0.3, 0.4) is 0 Å². The van der Waals surface area contributed by atoms with Crippen molar-refractivity contribution in [1.82, 2.24) is 19.6 Å². The summed E-state index contributed by atoms with van der Waals surface area (Å²) < 4.78 is 1.04. The molecule has 0 saturated carbocycles. The molecule has 1 fully saturated rings. The zero-order valence-corrected chi connectivity index (χ0v) is 10.3. The fourth-order valence-corrected chi connectivity index (χ4v) is 1.87. The van der Waals surface area contributed by atoms with E-state index in [9.17, 15) is 14.4 Å². The van der Waals surface area contributed by atoms with Crippen molar-refractivity contribution in [3.05, 3.63) is 32.8 Å². The molecular weight excluding hydrogens is 236 g/mol. The first-order valence-corrected chi connectivity index (χ1v) is 5.83. The molecule has 0 spiro atoms. The van der Waals surface area contributed by atoms with Gasteiger partial charge in [0.2, 0.25) is 5.91 Å². The predicted molar refractivity (Wildman–Crippen MR) is 65.4 cm³/mol. The van der Waals surface area contributed by atoms with Crippen LogP contribution in [0, 0.1) is 0 Å². The summed E-state index contributed by atoms with van der Waals surface area (Å²) in [6.07, 6.45) is 0. The van der Waals surface area contributed by atoms with Gasteiger partial charge < -0.3 is 9.80 Å². The molecule has 1 aliphatic heterocycles. The van der Waals surface area contributed by atoms with Gasteiger partial charge in [0.25, 0.3) is 11.1 Å². The van der Waals surface area contributed by atoms with Crippen LogP contribution < -0.4 is 11.1 Å². The highest BCUT2D eigenvalue weighted by Gasteiger charge is 2.19. The molecule has 18 heavy (non-hydrogen) atoms. The Morgan fingerprint density at radius 3 is 2.56 bits per heavy atom. The van der Waals surface area contributed by atoms with Gasteiger partial charge in [0, 0.05) is 38.3 Å². The SMILES string of the molecule is CN1CCN(C(=O)Cn2[nH]c(=O)ccc2=O)CC1. The zero-order valence-electron chi connectivity index (χ0n) is 10.3. The summed E-state index contributed by atoms with van der Waals surface area (Å²) in [5.74, 6) is -0.146. The molecule has 7 nitrogen and oxygen atoms in total. The number of likely N-dealkylation sites (N-methyl/N-ethyl adjacent to an activating group) is 1. The van der Waals surface area contributed by atoms with Gasteiger partial charge in [-0.25, -0.2) is 4.68 Å². The van der Waals surface area contributed by atoms with Gasteiger partial charge in [-0.15, -0.1) is 0 Å². The highest BCUT2D eigenvalue weighted by atomic mass is 16.2. The van der Waals surface area contributed by atoms with Crippen LogP contribution in [0.5, 0.6) is 0 Å². The number of carbonyl (C=O) groups excluding carboxylic acids is 1. The van der Waals surface area contributed by atoms with Gasteiger partial charge in [0.05, 0.1) is 0 Å². The highest BCUT2D eigenvalue weighted by Crippen LogP contribution is 1.99. The van der Waals surface area contributed by atoms with Gasteiger partial charge in [-0.05, 0) is 7.05 Å². The summed E-state index contributed by atoms with van der Waals surface area (Å²) in [4.78, 5) is 38.4. The summed E-state index contributed by atoms with van der Waals surface area (Å²) >= 11 is 0. The van der Waals surface area contributed by atoms with Gasteiger partial charge in [0.15, 0.2) is 0 Å². The van der Waals surface area contributed by atoms with E-state index in [1.807, 2.05) is 7.05 Å². The Balaban J connectivity index is 2.05. The van der Waals surface area contributed by atoms with Crippen LogP contribution in [0.1, 0.15) is 0 Å². The van der Waals surface area contributed by atoms with E-state index in [0.29, 0.717) is 13.1 Å². The van der Waals surface area contributed by atoms with Crippen molar-refractivity contribution in [2.45, 2.75) is 6.54 Å². The molecule has 1 N–H and O–H groups in total. The number of amides is 1. The van der Waals surface area contributed by atoms with Crippen molar-refractivity contribution in [3.8, 4) is 0 Å². The normalized spacial score (nSPS) is 16.8. The first kappa shape index (κ1) is 12.6. The lowest BCUT2D eigenvalue weighted by Gasteiger charge is -2.32. The first-order valence-electron chi connectivity index (χ1n) is 5.83. The van der Waals surface area contributed by atoms with Crippen molar-refractivity contribution >= 4 is 5.91 Å². The number of hydrogen-bond acceptors (Lipinski definition) is 4. The lowest BCUT2D eigenvalue weighted by molar-refractivity contribution is -0.133. The van der Waals surface area contributed by atoms with E-state index >= 15 is 0 Å².